The normalized spacial score (nSPS) is 15.0. The summed E-state index contributed by atoms with van der Waals surface area (Å²) in [4.78, 5) is 4.23. The molecule has 24 heavy (non-hydrogen) atoms. The van der Waals surface area contributed by atoms with Crippen LogP contribution in [0.3, 0.4) is 0 Å². The van der Waals surface area contributed by atoms with Crippen LogP contribution in [0.4, 0.5) is 0 Å². The Bertz CT molecular complexity index is 867. The maximum absolute atomic E-state index is 12.6. The topological polar surface area (TPSA) is 91.2 Å². The molecular formula is C15H19N4O3S2-. The maximum Gasteiger partial charge on any atom is 0.244 e. The van der Waals surface area contributed by atoms with Crippen LogP contribution in [0.1, 0.15) is 32.0 Å². The molecule has 0 aliphatic carbocycles. The summed E-state index contributed by atoms with van der Waals surface area (Å²) < 4.78 is 27.8. The van der Waals surface area contributed by atoms with Crippen LogP contribution in [0.5, 0.6) is 5.88 Å². The molecule has 0 atom stereocenters. The molecule has 2 aromatic rings. The molecule has 3 heterocycles. The number of nitrogens with zero attached hydrogens (tertiary/aromatic N) is 4. The van der Waals surface area contributed by atoms with Gasteiger partial charge in [0.15, 0.2) is 5.82 Å². The van der Waals surface area contributed by atoms with Crippen molar-refractivity contribution in [3.8, 4) is 11.7 Å². The lowest BCUT2D eigenvalue weighted by atomic mass is 10.1. The predicted octanol–water partition coefficient (Wildman–Crippen LogP) is 1.51. The van der Waals surface area contributed by atoms with E-state index >= 15 is 0 Å². The number of pyridine rings is 1. The third kappa shape index (κ3) is 2.80. The summed E-state index contributed by atoms with van der Waals surface area (Å²) in [6.45, 7) is 5.46. The molecule has 2 aromatic heterocycles. The van der Waals surface area contributed by atoms with E-state index in [4.69, 9.17) is 0 Å². The SMILES string of the molecule is CN(C(C)(C)C)S(=O)(=O)c1ccc(-n2nc3c(c2[O-])CSC3)nc1. The first kappa shape index (κ1) is 17.2. The summed E-state index contributed by atoms with van der Waals surface area (Å²) in [6, 6.07) is 2.97. The molecule has 3 rings (SSSR count). The van der Waals surface area contributed by atoms with E-state index < -0.39 is 15.6 Å². The molecule has 0 radical (unpaired) electrons. The summed E-state index contributed by atoms with van der Waals surface area (Å²) in [5.74, 6) is 1.54. The highest BCUT2D eigenvalue weighted by atomic mass is 32.2. The molecule has 0 amide bonds. The Morgan fingerprint density at radius 3 is 2.54 bits per heavy atom. The van der Waals surface area contributed by atoms with Crippen LogP contribution in [0, 0.1) is 0 Å². The Morgan fingerprint density at radius 2 is 2.00 bits per heavy atom. The highest BCUT2D eigenvalue weighted by molar-refractivity contribution is 7.98. The van der Waals surface area contributed by atoms with Crippen LogP contribution >= 0.6 is 11.8 Å². The van der Waals surface area contributed by atoms with Gasteiger partial charge in [0.1, 0.15) is 4.90 Å². The molecule has 0 unspecified atom stereocenters. The molecule has 130 valence electrons. The van der Waals surface area contributed by atoms with E-state index in [0.29, 0.717) is 17.1 Å². The van der Waals surface area contributed by atoms with Crippen LogP contribution in [-0.4, -0.2) is 40.1 Å². The van der Waals surface area contributed by atoms with Crippen LogP contribution in [0.2, 0.25) is 0 Å². The van der Waals surface area contributed by atoms with Gasteiger partial charge in [-0.3, -0.25) is 0 Å². The minimum absolute atomic E-state index is 0.0892. The highest BCUT2D eigenvalue weighted by Crippen LogP contribution is 2.35. The Labute approximate surface area is 145 Å². The molecule has 0 aromatic carbocycles. The number of sulfonamides is 1. The lowest BCUT2D eigenvalue weighted by Crippen LogP contribution is -2.42. The van der Waals surface area contributed by atoms with E-state index in [2.05, 4.69) is 10.1 Å². The van der Waals surface area contributed by atoms with Gasteiger partial charge in [-0.05, 0) is 44.3 Å². The summed E-state index contributed by atoms with van der Waals surface area (Å²) >= 11 is 1.66. The van der Waals surface area contributed by atoms with Crippen LogP contribution in [-0.2, 0) is 21.5 Å². The lowest BCUT2D eigenvalue weighted by molar-refractivity contribution is -0.278. The lowest BCUT2D eigenvalue weighted by Gasteiger charge is -2.30. The largest absolute Gasteiger partial charge is 0.858 e. The van der Waals surface area contributed by atoms with Gasteiger partial charge in [-0.25, -0.2) is 18.1 Å². The first-order valence-electron chi connectivity index (χ1n) is 7.43. The van der Waals surface area contributed by atoms with Crippen molar-refractivity contribution in [2.24, 2.45) is 0 Å². The van der Waals surface area contributed by atoms with E-state index in [-0.39, 0.29) is 10.8 Å². The monoisotopic (exact) mass is 367 g/mol. The van der Waals surface area contributed by atoms with Gasteiger partial charge in [0, 0.05) is 30.3 Å². The number of hydrogen-bond acceptors (Lipinski definition) is 6. The molecule has 9 heteroatoms. The van der Waals surface area contributed by atoms with Crippen molar-refractivity contribution >= 4 is 21.8 Å². The minimum atomic E-state index is -3.64. The maximum atomic E-state index is 12.6. The molecule has 0 spiro atoms. The van der Waals surface area contributed by atoms with E-state index in [0.717, 1.165) is 11.4 Å². The van der Waals surface area contributed by atoms with Gasteiger partial charge in [-0.2, -0.15) is 21.2 Å². The molecule has 1 aliphatic rings. The van der Waals surface area contributed by atoms with Gasteiger partial charge in [0.05, 0.1) is 5.69 Å². The van der Waals surface area contributed by atoms with Crippen molar-refractivity contribution in [1.82, 2.24) is 19.1 Å². The average molecular weight is 367 g/mol. The fourth-order valence-electron chi connectivity index (χ4n) is 2.31. The van der Waals surface area contributed by atoms with Crippen molar-refractivity contribution in [3.05, 3.63) is 29.6 Å². The van der Waals surface area contributed by atoms with Crippen LogP contribution < -0.4 is 5.11 Å². The molecule has 0 saturated carbocycles. The molecule has 0 saturated heterocycles. The highest BCUT2D eigenvalue weighted by Gasteiger charge is 2.30. The van der Waals surface area contributed by atoms with Crippen molar-refractivity contribution < 1.29 is 13.5 Å². The van der Waals surface area contributed by atoms with Crippen molar-refractivity contribution in [2.75, 3.05) is 7.05 Å². The number of hydrogen-bond donors (Lipinski definition) is 0. The zero-order chi connectivity index (χ0) is 17.7. The Balaban J connectivity index is 1.95. The van der Waals surface area contributed by atoms with Gasteiger partial charge in [0.25, 0.3) is 0 Å². The number of rotatable bonds is 3. The zero-order valence-corrected chi connectivity index (χ0v) is 15.6. The van der Waals surface area contributed by atoms with Crippen LogP contribution in [0.15, 0.2) is 23.2 Å². The minimum Gasteiger partial charge on any atom is -0.858 e. The fourth-order valence-corrected chi connectivity index (χ4v) is 4.80. The molecular weight excluding hydrogens is 348 g/mol. The van der Waals surface area contributed by atoms with Gasteiger partial charge < -0.3 is 5.11 Å². The number of fused-ring (bicyclic) bond motifs is 1. The first-order valence-corrected chi connectivity index (χ1v) is 10.0. The predicted molar refractivity (Wildman–Crippen MR) is 90.5 cm³/mol. The smallest absolute Gasteiger partial charge is 0.244 e. The molecule has 7 nitrogen and oxygen atoms in total. The number of thioether (sulfide) groups is 1. The molecule has 0 N–H and O–H groups in total. The van der Waals surface area contributed by atoms with Crippen LogP contribution in [0.25, 0.3) is 5.82 Å². The Hall–Kier alpha value is -1.58. The van der Waals surface area contributed by atoms with Crippen molar-refractivity contribution in [3.63, 3.8) is 0 Å². The average Bonchev–Trinajstić information content (AvgIpc) is 3.09. The van der Waals surface area contributed by atoms with E-state index in [1.807, 2.05) is 20.8 Å². The van der Waals surface area contributed by atoms with E-state index in [1.54, 1.807) is 11.8 Å². The van der Waals surface area contributed by atoms with Gasteiger partial charge in [0.2, 0.25) is 10.0 Å². The summed E-state index contributed by atoms with van der Waals surface area (Å²) in [6.07, 6.45) is 1.27. The van der Waals surface area contributed by atoms with Gasteiger partial charge >= 0.3 is 0 Å². The second kappa shape index (κ2) is 5.75. The third-order valence-corrected chi connectivity index (χ3v) is 7.12. The molecule has 0 bridgehead atoms. The summed E-state index contributed by atoms with van der Waals surface area (Å²) in [7, 11) is -2.11. The van der Waals surface area contributed by atoms with Crippen molar-refractivity contribution in [1.29, 1.82) is 0 Å². The van der Waals surface area contributed by atoms with Gasteiger partial charge in [-0.1, -0.05) is 0 Å². The van der Waals surface area contributed by atoms with Crippen molar-refractivity contribution in [2.45, 2.75) is 42.7 Å². The second-order valence-corrected chi connectivity index (χ2v) is 9.59. The summed E-state index contributed by atoms with van der Waals surface area (Å²) in [5, 5.41) is 16.6. The van der Waals surface area contributed by atoms with E-state index in [1.165, 1.54) is 34.4 Å². The molecule has 1 aliphatic heterocycles. The molecule has 0 fully saturated rings. The summed E-state index contributed by atoms with van der Waals surface area (Å²) in [5.41, 5.74) is 0.960. The Morgan fingerprint density at radius 1 is 1.29 bits per heavy atom. The second-order valence-electron chi connectivity index (χ2n) is 6.63. The standard InChI is InChI=1S/C15H20N4O3S2/c1-15(2,3)18(4)24(21,22)10-5-6-13(16-7-10)19-14(20)11-8-23-9-12(11)17-19/h5-7,20H,8-9H2,1-4H3/p-1. The zero-order valence-electron chi connectivity index (χ0n) is 14.0. The third-order valence-electron chi connectivity index (χ3n) is 4.05. The fraction of sp³-hybridized carbons (Fsp3) is 0.467. The first-order chi connectivity index (χ1) is 11.1. The number of aromatic nitrogens is 3. The van der Waals surface area contributed by atoms with Gasteiger partial charge in [-0.15, -0.1) is 0 Å². The van der Waals surface area contributed by atoms with E-state index in [9.17, 15) is 13.5 Å². The quantitative estimate of drug-likeness (QED) is 0.817. The Kier molecular flexibility index (Phi) is 4.13.